The Kier molecular flexibility index (Phi) is 9.25. The molecule has 3 aromatic carbocycles. The van der Waals surface area contributed by atoms with E-state index in [1.807, 2.05) is 30.3 Å². The SMILES string of the molecule is CC(C)=CCC/C(C)=C/CNCC#Cc1ccc(C2Oc3ccccc3C(C)=C2c2cccc(O)c2)cc1. The Morgan fingerprint density at radius 2 is 1.76 bits per heavy atom. The van der Waals surface area contributed by atoms with Gasteiger partial charge in [-0.2, -0.15) is 0 Å². The molecule has 1 aliphatic rings. The first kappa shape index (κ1) is 27.0. The van der Waals surface area contributed by atoms with Gasteiger partial charge in [-0.3, -0.25) is 0 Å². The minimum atomic E-state index is -0.276. The lowest BCUT2D eigenvalue weighted by Crippen LogP contribution is -2.16. The van der Waals surface area contributed by atoms with E-state index in [1.54, 1.807) is 12.1 Å². The first-order chi connectivity index (χ1) is 18.4. The zero-order valence-electron chi connectivity index (χ0n) is 22.8. The number of para-hydroxylation sites is 1. The maximum absolute atomic E-state index is 10.1. The van der Waals surface area contributed by atoms with Gasteiger partial charge in [0.2, 0.25) is 0 Å². The highest BCUT2D eigenvalue weighted by Gasteiger charge is 2.29. The van der Waals surface area contributed by atoms with E-state index in [1.165, 1.54) is 11.1 Å². The summed E-state index contributed by atoms with van der Waals surface area (Å²) >= 11 is 0. The van der Waals surface area contributed by atoms with Crippen LogP contribution in [0.2, 0.25) is 0 Å². The van der Waals surface area contributed by atoms with Crippen molar-refractivity contribution < 1.29 is 9.84 Å². The van der Waals surface area contributed by atoms with Gasteiger partial charge in [-0.05, 0) is 87.6 Å². The number of phenolic OH excluding ortho intramolecular Hbond substituents is 1. The Morgan fingerprint density at radius 3 is 2.53 bits per heavy atom. The predicted octanol–water partition coefficient (Wildman–Crippen LogP) is 8.09. The van der Waals surface area contributed by atoms with E-state index in [-0.39, 0.29) is 11.9 Å². The normalized spacial score (nSPS) is 14.7. The van der Waals surface area contributed by atoms with E-state index >= 15 is 0 Å². The summed E-state index contributed by atoms with van der Waals surface area (Å²) in [4.78, 5) is 0. The quantitative estimate of drug-likeness (QED) is 0.185. The van der Waals surface area contributed by atoms with Crippen molar-refractivity contribution in [1.29, 1.82) is 0 Å². The molecule has 1 unspecified atom stereocenters. The van der Waals surface area contributed by atoms with Crippen LogP contribution in [-0.4, -0.2) is 18.2 Å². The van der Waals surface area contributed by atoms with Crippen LogP contribution in [0.15, 0.2) is 96.1 Å². The molecule has 2 N–H and O–H groups in total. The summed E-state index contributed by atoms with van der Waals surface area (Å²) in [7, 11) is 0. The predicted molar refractivity (Wildman–Crippen MR) is 159 cm³/mol. The fourth-order valence-corrected chi connectivity index (χ4v) is 4.64. The molecule has 0 saturated heterocycles. The molecule has 1 atom stereocenters. The van der Waals surface area contributed by atoms with Gasteiger partial charge in [-0.1, -0.05) is 77.6 Å². The Labute approximate surface area is 227 Å². The second kappa shape index (κ2) is 13.0. The maximum Gasteiger partial charge on any atom is 0.150 e. The molecule has 4 rings (SSSR count). The topological polar surface area (TPSA) is 41.5 Å². The molecular formula is C35H37NO2. The van der Waals surface area contributed by atoms with Crippen LogP contribution >= 0.6 is 0 Å². The van der Waals surface area contributed by atoms with E-state index < -0.39 is 0 Å². The summed E-state index contributed by atoms with van der Waals surface area (Å²) in [5.74, 6) is 7.60. The van der Waals surface area contributed by atoms with Crippen LogP contribution < -0.4 is 10.1 Å². The zero-order valence-corrected chi connectivity index (χ0v) is 22.8. The molecule has 3 aromatic rings. The van der Waals surface area contributed by atoms with Crippen molar-refractivity contribution in [2.75, 3.05) is 13.1 Å². The largest absolute Gasteiger partial charge is 0.508 e. The Morgan fingerprint density at radius 1 is 0.974 bits per heavy atom. The molecule has 0 saturated carbocycles. The van der Waals surface area contributed by atoms with Gasteiger partial charge < -0.3 is 15.2 Å². The lowest BCUT2D eigenvalue weighted by Gasteiger charge is -2.31. The third-order valence-electron chi connectivity index (χ3n) is 6.70. The second-order valence-corrected chi connectivity index (χ2v) is 10.0. The molecular weight excluding hydrogens is 466 g/mol. The monoisotopic (exact) mass is 503 g/mol. The van der Waals surface area contributed by atoms with Gasteiger partial charge in [-0.25, -0.2) is 0 Å². The minimum absolute atomic E-state index is 0.244. The number of hydrogen-bond donors (Lipinski definition) is 2. The number of allylic oxidation sites excluding steroid dienone is 4. The third kappa shape index (κ3) is 7.06. The van der Waals surface area contributed by atoms with Gasteiger partial charge in [0.15, 0.2) is 0 Å². The van der Waals surface area contributed by atoms with Crippen LogP contribution in [0.4, 0.5) is 0 Å². The molecule has 1 aliphatic heterocycles. The third-order valence-corrected chi connectivity index (χ3v) is 6.70. The van der Waals surface area contributed by atoms with Crippen LogP contribution in [0.5, 0.6) is 11.5 Å². The highest BCUT2D eigenvalue weighted by Crippen LogP contribution is 2.46. The number of aromatic hydroxyl groups is 1. The lowest BCUT2D eigenvalue weighted by molar-refractivity contribution is 0.260. The molecule has 194 valence electrons. The Bertz CT molecular complexity index is 1410. The van der Waals surface area contributed by atoms with Crippen LogP contribution in [0, 0.1) is 11.8 Å². The first-order valence-electron chi connectivity index (χ1n) is 13.3. The molecule has 3 heteroatoms. The van der Waals surface area contributed by atoms with E-state index in [2.05, 4.69) is 87.3 Å². The maximum atomic E-state index is 10.1. The molecule has 0 bridgehead atoms. The fourth-order valence-electron chi connectivity index (χ4n) is 4.64. The summed E-state index contributed by atoms with van der Waals surface area (Å²) < 4.78 is 6.52. The molecule has 1 heterocycles. The number of ether oxygens (including phenoxy) is 1. The molecule has 0 aliphatic carbocycles. The smallest absolute Gasteiger partial charge is 0.150 e. The van der Waals surface area contributed by atoms with E-state index in [4.69, 9.17) is 4.74 Å². The van der Waals surface area contributed by atoms with Crippen LogP contribution in [0.25, 0.3) is 11.1 Å². The summed E-state index contributed by atoms with van der Waals surface area (Å²) in [5, 5.41) is 13.5. The summed E-state index contributed by atoms with van der Waals surface area (Å²) in [6, 6.07) is 23.8. The molecule has 0 spiro atoms. The molecule has 0 aromatic heterocycles. The van der Waals surface area contributed by atoms with Crippen molar-refractivity contribution in [3.05, 3.63) is 118 Å². The lowest BCUT2D eigenvalue weighted by atomic mass is 9.86. The summed E-state index contributed by atoms with van der Waals surface area (Å²) in [5.41, 5.74) is 9.05. The molecule has 0 fully saturated rings. The van der Waals surface area contributed by atoms with Gasteiger partial charge in [0, 0.05) is 23.2 Å². The molecule has 3 nitrogen and oxygen atoms in total. The average Bonchev–Trinajstić information content (AvgIpc) is 2.91. The second-order valence-electron chi connectivity index (χ2n) is 10.0. The summed E-state index contributed by atoms with van der Waals surface area (Å²) in [6.07, 6.45) is 6.46. The number of rotatable bonds is 8. The van der Waals surface area contributed by atoms with E-state index in [0.29, 0.717) is 6.54 Å². The minimum Gasteiger partial charge on any atom is -0.508 e. The van der Waals surface area contributed by atoms with Crippen molar-refractivity contribution in [3.8, 4) is 23.3 Å². The number of phenols is 1. The fraction of sp³-hybridized carbons (Fsp3) is 0.257. The van der Waals surface area contributed by atoms with Crippen LogP contribution in [-0.2, 0) is 0 Å². The standard InChI is InChI=1S/C35H37NO2/c1-25(2)10-7-11-26(3)21-23-36-22-9-12-28-17-19-29(20-18-28)35-34(30-13-8-14-31(37)24-30)27(4)32-15-5-6-16-33(32)38-35/h5-6,8,10,13-21,24,35-37H,7,11,22-23H2,1-4H3/b26-21+. The van der Waals surface area contributed by atoms with E-state index in [9.17, 15) is 5.11 Å². The number of benzene rings is 3. The van der Waals surface area contributed by atoms with Crippen molar-refractivity contribution in [3.63, 3.8) is 0 Å². The van der Waals surface area contributed by atoms with Crippen molar-refractivity contribution in [1.82, 2.24) is 5.32 Å². The van der Waals surface area contributed by atoms with Gasteiger partial charge in [0.25, 0.3) is 0 Å². The van der Waals surface area contributed by atoms with Gasteiger partial charge in [0.05, 0.1) is 6.54 Å². The van der Waals surface area contributed by atoms with Gasteiger partial charge in [-0.15, -0.1) is 0 Å². The van der Waals surface area contributed by atoms with E-state index in [0.717, 1.165) is 58.5 Å². The van der Waals surface area contributed by atoms with Gasteiger partial charge >= 0.3 is 0 Å². The molecule has 38 heavy (non-hydrogen) atoms. The van der Waals surface area contributed by atoms with Crippen LogP contribution in [0.3, 0.4) is 0 Å². The Balaban J connectivity index is 1.44. The van der Waals surface area contributed by atoms with Crippen LogP contribution in [0.1, 0.15) is 68.9 Å². The first-order valence-corrected chi connectivity index (χ1v) is 13.3. The highest BCUT2D eigenvalue weighted by molar-refractivity contribution is 5.95. The number of hydrogen-bond acceptors (Lipinski definition) is 3. The van der Waals surface area contributed by atoms with Crippen molar-refractivity contribution in [2.45, 2.75) is 46.6 Å². The zero-order chi connectivity index (χ0) is 26.9. The number of fused-ring (bicyclic) bond motifs is 1. The highest BCUT2D eigenvalue weighted by atomic mass is 16.5. The molecule has 0 amide bonds. The molecule has 0 radical (unpaired) electrons. The average molecular weight is 504 g/mol. The van der Waals surface area contributed by atoms with Crippen molar-refractivity contribution >= 4 is 11.1 Å². The summed E-state index contributed by atoms with van der Waals surface area (Å²) in [6.45, 7) is 10.1. The van der Waals surface area contributed by atoms with Crippen molar-refractivity contribution in [2.24, 2.45) is 0 Å². The number of nitrogens with one attached hydrogen (secondary N) is 1. The van der Waals surface area contributed by atoms with Gasteiger partial charge in [0.1, 0.15) is 17.6 Å². The Hall–Kier alpha value is -4.00.